The fraction of sp³-hybridized carbons (Fsp3) is 0.500. The normalized spacial score (nSPS) is 19.9. The molecule has 1 atom stereocenters. The molecule has 1 aromatic carbocycles. The van der Waals surface area contributed by atoms with Gasteiger partial charge in [-0.1, -0.05) is 6.07 Å². The molecule has 0 bridgehead atoms. The number of hydrogen-bond acceptors (Lipinski definition) is 2. The number of benzene rings is 1. The molecule has 2 rings (SSSR count). The van der Waals surface area contributed by atoms with Gasteiger partial charge in [0, 0.05) is 0 Å². The monoisotopic (exact) mass is 192 g/mol. The Morgan fingerprint density at radius 3 is 2.93 bits per heavy atom. The van der Waals surface area contributed by atoms with Gasteiger partial charge in [0.1, 0.15) is 5.75 Å². The van der Waals surface area contributed by atoms with Gasteiger partial charge >= 0.3 is 0 Å². The molecule has 0 saturated carbocycles. The van der Waals surface area contributed by atoms with E-state index >= 15 is 0 Å². The van der Waals surface area contributed by atoms with Crippen molar-refractivity contribution in [3.8, 4) is 5.75 Å². The molecule has 1 N–H and O–H groups in total. The number of aryl methyl sites for hydroxylation is 1. The van der Waals surface area contributed by atoms with E-state index in [9.17, 15) is 5.11 Å². The predicted octanol–water partition coefficient (Wildman–Crippen LogP) is 2.45. The molecule has 14 heavy (non-hydrogen) atoms. The first kappa shape index (κ1) is 9.53. The van der Waals surface area contributed by atoms with E-state index < -0.39 is 0 Å². The third-order valence-electron chi connectivity index (χ3n) is 2.53. The average Bonchev–Trinajstić information content (AvgIpc) is 2.46. The highest BCUT2D eigenvalue weighted by Gasteiger charge is 2.20. The second-order valence-corrected chi connectivity index (χ2v) is 4.08. The van der Waals surface area contributed by atoms with Crippen LogP contribution >= 0.6 is 0 Å². The van der Waals surface area contributed by atoms with Crippen molar-refractivity contribution in [2.24, 2.45) is 0 Å². The molecule has 0 aromatic heterocycles. The van der Waals surface area contributed by atoms with Gasteiger partial charge in [-0.3, -0.25) is 0 Å². The van der Waals surface area contributed by atoms with Gasteiger partial charge in [-0.25, -0.2) is 0 Å². The van der Waals surface area contributed by atoms with Crippen molar-refractivity contribution in [1.29, 1.82) is 0 Å². The zero-order valence-electron chi connectivity index (χ0n) is 8.66. The Labute approximate surface area is 84.5 Å². The maximum atomic E-state index is 9.61. The largest absolute Gasteiger partial charge is 0.491 e. The molecule has 0 aliphatic heterocycles. The van der Waals surface area contributed by atoms with Gasteiger partial charge in [-0.2, -0.15) is 0 Å². The number of ether oxygens (including phenoxy) is 1. The summed E-state index contributed by atoms with van der Waals surface area (Å²) in [5.41, 5.74) is 2.30. The number of hydrogen-bond donors (Lipinski definition) is 1. The molecule has 2 nitrogen and oxygen atoms in total. The molecule has 1 aromatic rings. The van der Waals surface area contributed by atoms with Crippen molar-refractivity contribution in [3.63, 3.8) is 0 Å². The minimum Gasteiger partial charge on any atom is -0.491 e. The second kappa shape index (κ2) is 3.62. The summed E-state index contributed by atoms with van der Waals surface area (Å²) in [6.07, 6.45) is 1.75. The SMILES string of the molecule is CC(C)Oc1ccc2c(c1)CC[C@@H]2O. The molecule has 0 heterocycles. The van der Waals surface area contributed by atoms with E-state index in [1.807, 2.05) is 32.0 Å². The Hall–Kier alpha value is -1.02. The Bertz CT molecular complexity index is 331. The van der Waals surface area contributed by atoms with Gasteiger partial charge in [0.05, 0.1) is 12.2 Å². The molecule has 2 heteroatoms. The first-order valence-corrected chi connectivity index (χ1v) is 5.14. The Morgan fingerprint density at radius 2 is 2.21 bits per heavy atom. The molecule has 1 aliphatic rings. The summed E-state index contributed by atoms with van der Waals surface area (Å²) in [5, 5.41) is 9.61. The van der Waals surface area contributed by atoms with Crippen LogP contribution in [0, 0.1) is 0 Å². The zero-order valence-corrected chi connectivity index (χ0v) is 8.66. The van der Waals surface area contributed by atoms with Crippen molar-refractivity contribution >= 4 is 0 Å². The van der Waals surface area contributed by atoms with E-state index in [0.717, 1.165) is 24.2 Å². The van der Waals surface area contributed by atoms with Crippen molar-refractivity contribution in [3.05, 3.63) is 29.3 Å². The van der Waals surface area contributed by atoms with Crippen LogP contribution in [0.15, 0.2) is 18.2 Å². The number of aliphatic hydroxyl groups excluding tert-OH is 1. The Kier molecular flexibility index (Phi) is 2.46. The van der Waals surface area contributed by atoms with Crippen LogP contribution in [0.1, 0.15) is 37.5 Å². The highest BCUT2D eigenvalue weighted by molar-refractivity contribution is 5.39. The van der Waals surface area contributed by atoms with E-state index in [1.54, 1.807) is 0 Å². The quantitative estimate of drug-likeness (QED) is 0.780. The summed E-state index contributed by atoms with van der Waals surface area (Å²) in [4.78, 5) is 0. The molecule has 0 fully saturated rings. The summed E-state index contributed by atoms with van der Waals surface area (Å²) < 4.78 is 5.59. The summed E-state index contributed by atoms with van der Waals surface area (Å²) in [7, 11) is 0. The second-order valence-electron chi connectivity index (χ2n) is 4.08. The highest BCUT2D eigenvalue weighted by atomic mass is 16.5. The predicted molar refractivity (Wildman–Crippen MR) is 55.5 cm³/mol. The van der Waals surface area contributed by atoms with Crippen molar-refractivity contribution in [2.45, 2.75) is 38.9 Å². The van der Waals surface area contributed by atoms with Gasteiger partial charge in [0.15, 0.2) is 0 Å². The summed E-state index contributed by atoms with van der Waals surface area (Å²) in [5.74, 6) is 0.910. The lowest BCUT2D eigenvalue weighted by molar-refractivity contribution is 0.180. The van der Waals surface area contributed by atoms with Gasteiger partial charge in [0.25, 0.3) is 0 Å². The molecule has 0 radical (unpaired) electrons. The van der Waals surface area contributed by atoms with Crippen molar-refractivity contribution < 1.29 is 9.84 Å². The lowest BCUT2D eigenvalue weighted by atomic mass is 10.1. The highest BCUT2D eigenvalue weighted by Crippen LogP contribution is 2.33. The molecule has 0 spiro atoms. The molecule has 1 aliphatic carbocycles. The molecule has 0 unspecified atom stereocenters. The zero-order chi connectivity index (χ0) is 10.1. The van der Waals surface area contributed by atoms with Crippen LogP contribution in [-0.2, 0) is 6.42 Å². The van der Waals surface area contributed by atoms with Crippen molar-refractivity contribution in [2.75, 3.05) is 0 Å². The third kappa shape index (κ3) is 1.75. The van der Waals surface area contributed by atoms with Crippen LogP contribution in [0.4, 0.5) is 0 Å². The summed E-state index contributed by atoms with van der Waals surface area (Å²) >= 11 is 0. The molecule has 76 valence electrons. The topological polar surface area (TPSA) is 29.5 Å². The van der Waals surface area contributed by atoms with E-state index in [4.69, 9.17) is 4.74 Å². The van der Waals surface area contributed by atoms with Crippen LogP contribution in [0.5, 0.6) is 5.75 Å². The van der Waals surface area contributed by atoms with Crippen LogP contribution in [0.25, 0.3) is 0 Å². The minimum absolute atomic E-state index is 0.208. The first-order chi connectivity index (χ1) is 6.66. The van der Waals surface area contributed by atoms with Crippen LogP contribution in [0.3, 0.4) is 0 Å². The van der Waals surface area contributed by atoms with Gasteiger partial charge in [0.2, 0.25) is 0 Å². The fourth-order valence-electron chi connectivity index (χ4n) is 1.92. The average molecular weight is 192 g/mol. The van der Waals surface area contributed by atoms with E-state index in [1.165, 1.54) is 5.56 Å². The lowest BCUT2D eigenvalue weighted by Crippen LogP contribution is -2.05. The molecular formula is C12H16O2. The third-order valence-corrected chi connectivity index (χ3v) is 2.53. The van der Waals surface area contributed by atoms with E-state index in [2.05, 4.69) is 0 Å². The maximum absolute atomic E-state index is 9.61. The first-order valence-electron chi connectivity index (χ1n) is 5.14. The van der Waals surface area contributed by atoms with Gasteiger partial charge in [-0.15, -0.1) is 0 Å². The van der Waals surface area contributed by atoms with Crippen molar-refractivity contribution in [1.82, 2.24) is 0 Å². The number of fused-ring (bicyclic) bond motifs is 1. The smallest absolute Gasteiger partial charge is 0.119 e. The van der Waals surface area contributed by atoms with Crippen LogP contribution in [-0.4, -0.2) is 11.2 Å². The molecule has 0 saturated heterocycles. The lowest BCUT2D eigenvalue weighted by Gasteiger charge is -2.11. The van der Waals surface area contributed by atoms with Gasteiger partial charge in [-0.05, 0) is 49.9 Å². The molecule has 0 amide bonds. The van der Waals surface area contributed by atoms with E-state index in [0.29, 0.717) is 0 Å². The maximum Gasteiger partial charge on any atom is 0.119 e. The fourth-order valence-corrected chi connectivity index (χ4v) is 1.92. The van der Waals surface area contributed by atoms with Gasteiger partial charge < -0.3 is 9.84 Å². The Morgan fingerprint density at radius 1 is 1.43 bits per heavy atom. The Balaban J connectivity index is 2.24. The van der Waals surface area contributed by atoms with E-state index in [-0.39, 0.29) is 12.2 Å². The number of aliphatic hydroxyl groups is 1. The summed E-state index contributed by atoms with van der Waals surface area (Å²) in [6, 6.07) is 5.96. The summed E-state index contributed by atoms with van der Waals surface area (Å²) in [6.45, 7) is 4.03. The van der Waals surface area contributed by atoms with Crippen LogP contribution in [0.2, 0.25) is 0 Å². The molecular weight excluding hydrogens is 176 g/mol. The standard InChI is InChI=1S/C12H16O2/c1-8(2)14-10-4-5-11-9(7-10)3-6-12(11)13/h4-5,7-8,12-13H,3,6H2,1-2H3/t12-/m0/s1. The minimum atomic E-state index is -0.266. The number of rotatable bonds is 2. The van der Waals surface area contributed by atoms with Crippen LogP contribution < -0.4 is 4.74 Å².